The summed E-state index contributed by atoms with van der Waals surface area (Å²) < 4.78 is 26.9. The van der Waals surface area contributed by atoms with E-state index >= 15 is 0 Å². The molecule has 0 aromatic carbocycles. The highest BCUT2D eigenvalue weighted by Crippen LogP contribution is 2.32. The van der Waals surface area contributed by atoms with Gasteiger partial charge in [-0.1, -0.05) is 0 Å². The molecule has 6 heteroatoms. The monoisotopic (exact) mass is 310 g/mol. The van der Waals surface area contributed by atoms with E-state index < -0.39 is 10.0 Å². The Bertz CT molecular complexity index is 631. The summed E-state index contributed by atoms with van der Waals surface area (Å²) in [5.41, 5.74) is 0.799. The average Bonchev–Trinajstić information content (AvgIpc) is 3.18. The Labute approximate surface area is 126 Å². The highest BCUT2D eigenvalue weighted by molar-refractivity contribution is 7.88. The van der Waals surface area contributed by atoms with Crippen molar-refractivity contribution in [3.63, 3.8) is 0 Å². The summed E-state index contributed by atoms with van der Waals surface area (Å²) in [6.07, 6.45) is 9.13. The summed E-state index contributed by atoms with van der Waals surface area (Å²) in [5, 5.41) is 0. The van der Waals surface area contributed by atoms with Crippen LogP contribution in [0.3, 0.4) is 0 Å². The first-order chi connectivity index (χ1) is 9.93. The molecular formula is C15H22N2O3S. The number of hydrogen-bond acceptors (Lipinski definition) is 3. The van der Waals surface area contributed by atoms with E-state index in [1.54, 1.807) is 4.31 Å². The van der Waals surface area contributed by atoms with E-state index in [1.165, 1.54) is 6.26 Å². The highest BCUT2D eigenvalue weighted by Gasteiger charge is 2.31. The molecule has 3 rings (SSSR count). The van der Waals surface area contributed by atoms with Gasteiger partial charge in [0.15, 0.2) is 5.78 Å². The van der Waals surface area contributed by atoms with Crippen molar-refractivity contribution in [1.82, 2.24) is 8.87 Å². The van der Waals surface area contributed by atoms with E-state index in [-0.39, 0.29) is 11.7 Å². The topological polar surface area (TPSA) is 59.4 Å². The van der Waals surface area contributed by atoms with Crippen LogP contribution < -0.4 is 0 Å². The second-order valence-corrected chi connectivity index (χ2v) is 8.35. The molecule has 116 valence electrons. The van der Waals surface area contributed by atoms with Crippen molar-refractivity contribution in [3.8, 4) is 0 Å². The minimum atomic E-state index is -3.09. The normalized spacial score (nSPS) is 24.1. The fraction of sp³-hybridized carbons (Fsp3) is 0.667. The molecule has 1 unspecified atom stereocenters. The molecule has 21 heavy (non-hydrogen) atoms. The fourth-order valence-electron chi connectivity index (χ4n) is 3.06. The van der Waals surface area contributed by atoms with Gasteiger partial charge in [-0.25, -0.2) is 12.7 Å². The van der Waals surface area contributed by atoms with Crippen LogP contribution in [0.1, 0.15) is 36.0 Å². The summed E-state index contributed by atoms with van der Waals surface area (Å²) in [6.45, 7) is 2.00. The van der Waals surface area contributed by atoms with Gasteiger partial charge in [-0.05, 0) is 37.7 Å². The molecule has 1 aromatic rings. The van der Waals surface area contributed by atoms with Crippen molar-refractivity contribution in [1.29, 1.82) is 0 Å². The van der Waals surface area contributed by atoms with E-state index in [0.717, 1.165) is 37.8 Å². The van der Waals surface area contributed by atoms with Gasteiger partial charge in [0.05, 0.1) is 6.26 Å². The van der Waals surface area contributed by atoms with Gasteiger partial charge in [0.25, 0.3) is 0 Å². The van der Waals surface area contributed by atoms with Gasteiger partial charge in [-0.3, -0.25) is 4.79 Å². The van der Waals surface area contributed by atoms with Gasteiger partial charge >= 0.3 is 0 Å². The van der Waals surface area contributed by atoms with E-state index in [1.807, 2.05) is 23.0 Å². The zero-order chi connectivity index (χ0) is 15.0. The predicted octanol–water partition coefficient (Wildman–Crippen LogP) is 1.75. The zero-order valence-corrected chi connectivity index (χ0v) is 13.2. The number of carbonyl (C=O) groups excluding carboxylic acids is 1. The first-order valence-corrected chi connectivity index (χ1v) is 9.43. The minimum Gasteiger partial charge on any atom is -0.353 e. The number of piperidine rings is 1. The van der Waals surface area contributed by atoms with Gasteiger partial charge in [-0.2, -0.15) is 0 Å². The molecule has 1 saturated carbocycles. The third-order valence-electron chi connectivity index (χ3n) is 4.40. The number of nitrogens with zero attached hydrogens (tertiary/aromatic N) is 2. The maximum Gasteiger partial charge on any atom is 0.211 e. The summed E-state index contributed by atoms with van der Waals surface area (Å²) in [5.74, 6) is 0.830. The average molecular weight is 310 g/mol. The Morgan fingerprint density at radius 1 is 1.33 bits per heavy atom. The van der Waals surface area contributed by atoms with Crippen LogP contribution in [0, 0.1) is 11.8 Å². The fourth-order valence-corrected chi connectivity index (χ4v) is 4.00. The first-order valence-electron chi connectivity index (χ1n) is 7.58. The summed E-state index contributed by atoms with van der Waals surface area (Å²) >= 11 is 0. The Balaban J connectivity index is 1.62. The number of rotatable bonds is 5. The Morgan fingerprint density at radius 3 is 2.76 bits per heavy atom. The van der Waals surface area contributed by atoms with E-state index in [0.29, 0.717) is 19.0 Å². The van der Waals surface area contributed by atoms with Gasteiger partial charge in [0.1, 0.15) is 0 Å². The third kappa shape index (κ3) is 3.55. The predicted molar refractivity (Wildman–Crippen MR) is 80.6 cm³/mol. The second kappa shape index (κ2) is 5.57. The van der Waals surface area contributed by atoms with E-state index in [9.17, 15) is 13.2 Å². The molecule has 1 atom stereocenters. The molecule has 0 spiro atoms. The van der Waals surface area contributed by atoms with Crippen molar-refractivity contribution >= 4 is 15.8 Å². The second-order valence-electron chi connectivity index (χ2n) is 6.36. The number of sulfonamides is 1. The van der Waals surface area contributed by atoms with Crippen LogP contribution in [0.5, 0.6) is 0 Å². The SMILES string of the molecule is CS(=O)(=O)N1CCCC(Cn2ccc(C(=O)C3CC3)c2)C1. The Morgan fingerprint density at radius 2 is 2.10 bits per heavy atom. The van der Waals surface area contributed by atoms with Crippen LogP contribution in [0.25, 0.3) is 0 Å². The number of carbonyl (C=O) groups is 1. The lowest BCUT2D eigenvalue weighted by Gasteiger charge is -2.31. The number of hydrogen-bond donors (Lipinski definition) is 0. The minimum absolute atomic E-state index is 0.247. The van der Waals surface area contributed by atoms with Crippen molar-refractivity contribution in [2.24, 2.45) is 11.8 Å². The third-order valence-corrected chi connectivity index (χ3v) is 5.67. The van der Waals surface area contributed by atoms with Crippen LogP contribution >= 0.6 is 0 Å². The van der Waals surface area contributed by atoms with E-state index in [2.05, 4.69) is 0 Å². The van der Waals surface area contributed by atoms with Gasteiger partial charge < -0.3 is 4.57 Å². The van der Waals surface area contributed by atoms with Crippen LogP contribution in [-0.2, 0) is 16.6 Å². The number of Topliss-reactive ketones (excluding diaryl/α,β-unsaturated/α-hetero) is 1. The molecule has 0 radical (unpaired) electrons. The summed E-state index contributed by atoms with van der Waals surface area (Å²) in [7, 11) is -3.09. The molecule has 1 aliphatic heterocycles. The standard InChI is InChI=1S/C15H22N2O3S/c1-21(19,20)17-7-2-3-12(10-17)9-16-8-6-14(11-16)15(18)13-4-5-13/h6,8,11-13H,2-5,7,9-10H2,1H3. The summed E-state index contributed by atoms with van der Waals surface area (Å²) in [6, 6.07) is 1.89. The summed E-state index contributed by atoms with van der Waals surface area (Å²) in [4.78, 5) is 12.0. The van der Waals surface area contributed by atoms with Crippen molar-refractivity contribution in [2.75, 3.05) is 19.3 Å². The maximum absolute atomic E-state index is 12.0. The lowest BCUT2D eigenvalue weighted by atomic mass is 10.00. The molecule has 2 aliphatic rings. The van der Waals surface area contributed by atoms with Crippen LogP contribution in [-0.4, -0.2) is 42.4 Å². The smallest absolute Gasteiger partial charge is 0.211 e. The van der Waals surface area contributed by atoms with Crippen LogP contribution in [0.2, 0.25) is 0 Å². The first kappa shape index (κ1) is 14.8. The van der Waals surface area contributed by atoms with E-state index in [4.69, 9.17) is 0 Å². The molecule has 5 nitrogen and oxygen atoms in total. The van der Waals surface area contributed by atoms with Gasteiger partial charge in [0.2, 0.25) is 10.0 Å². The lowest BCUT2D eigenvalue weighted by molar-refractivity contribution is 0.0967. The Kier molecular flexibility index (Phi) is 3.92. The van der Waals surface area contributed by atoms with Crippen LogP contribution in [0.15, 0.2) is 18.5 Å². The van der Waals surface area contributed by atoms with Gasteiger partial charge in [0, 0.05) is 43.5 Å². The lowest BCUT2D eigenvalue weighted by Crippen LogP contribution is -2.40. The molecule has 1 aromatic heterocycles. The molecule has 2 fully saturated rings. The van der Waals surface area contributed by atoms with Gasteiger partial charge in [-0.15, -0.1) is 0 Å². The van der Waals surface area contributed by atoms with Crippen molar-refractivity contribution in [2.45, 2.75) is 32.2 Å². The number of ketones is 1. The molecule has 2 heterocycles. The molecule has 1 saturated heterocycles. The maximum atomic E-state index is 12.0. The number of aromatic nitrogens is 1. The molecule has 0 amide bonds. The molecular weight excluding hydrogens is 288 g/mol. The molecule has 0 N–H and O–H groups in total. The van der Waals surface area contributed by atoms with Crippen LogP contribution in [0.4, 0.5) is 0 Å². The van der Waals surface area contributed by atoms with Crippen molar-refractivity contribution in [3.05, 3.63) is 24.0 Å². The quantitative estimate of drug-likeness (QED) is 0.779. The molecule has 0 bridgehead atoms. The molecule has 1 aliphatic carbocycles. The highest BCUT2D eigenvalue weighted by atomic mass is 32.2. The zero-order valence-electron chi connectivity index (χ0n) is 12.4. The Hall–Kier alpha value is -1.14. The van der Waals surface area contributed by atoms with Crippen molar-refractivity contribution < 1.29 is 13.2 Å². The largest absolute Gasteiger partial charge is 0.353 e.